The lowest BCUT2D eigenvalue weighted by Crippen LogP contribution is -2.05. The predicted molar refractivity (Wildman–Crippen MR) is 79.4 cm³/mol. The van der Waals surface area contributed by atoms with E-state index in [1.54, 1.807) is 12.1 Å². The fourth-order valence-corrected chi connectivity index (χ4v) is 2.28. The van der Waals surface area contributed by atoms with Gasteiger partial charge < -0.3 is 0 Å². The van der Waals surface area contributed by atoms with Crippen molar-refractivity contribution in [3.05, 3.63) is 71.0 Å². The van der Waals surface area contributed by atoms with E-state index >= 15 is 0 Å². The third kappa shape index (κ3) is 4.02. The summed E-state index contributed by atoms with van der Waals surface area (Å²) in [7, 11) is 0. The molecule has 0 atom stereocenters. The molecule has 0 aliphatic rings. The van der Waals surface area contributed by atoms with Crippen molar-refractivity contribution in [2.75, 3.05) is 0 Å². The molecule has 0 spiro atoms. The molecule has 0 saturated carbocycles. The number of benzene rings is 2. The van der Waals surface area contributed by atoms with Gasteiger partial charge in [0.25, 0.3) is 0 Å². The summed E-state index contributed by atoms with van der Waals surface area (Å²) in [5, 5.41) is 0. The molecule has 104 valence electrons. The highest BCUT2D eigenvalue weighted by Crippen LogP contribution is 2.13. The van der Waals surface area contributed by atoms with Gasteiger partial charge in [-0.25, -0.2) is 4.39 Å². The topological polar surface area (TPSA) is 17.1 Å². The maximum Gasteiger partial charge on any atom is 0.167 e. The quantitative estimate of drug-likeness (QED) is 0.734. The largest absolute Gasteiger partial charge is 0.294 e. The Balaban J connectivity index is 2.13. The first-order valence-electron chi connectivity index (χ1n) is 6.91. The van der Waals surface area contributed by atoms with Crippen molar-refractivity contribution in [3.63, 3.8) is 0 Å². The average Bonchev–Trinajstić information content (AvgIpc) is 2.38. The molecule has 0 fully saturated rings. The normalized spacial score (nSPS) is 10.8. The number of rotatable bonds is 5. The highest BCUT2D eigenvalue weighted by Gasteiger charge is 2.09. The summed E-state index contributed by atoms with van der Waals surface area (Å²) in [4.78, 5) is 12.2. The Morgan fingerprint density at radius 1 is 1.05 bits per heavy atom. The van der Waals surface area contributed by atoms with Crippen LogP contribution < -0.4 is 0 Å². The zero-order valence-corrected chi connectivity index (χ0v) is 11.9. The Hall–Kier alpha value is -1.96. The van der Waals surface area contributed by atoms with Crippen molar-refractivity contribution in [3.8, 4) is 0 Å². The second-order valence-corrected chi connectivity index (χ2v) is 5.53. The van der Waals surface area contributed by atoms with Crippen LogP contribution >= 0.6 is 0 Å². The van der Waals surface area contributed by atoms with E-state index in [9.17, 15) is 9.18 Å². The van der Waals surface area contributed by atoms with Gasteiger partial charge >= 0.3 is 0 Å². The van der Waals surface area contributed by atoms with Crippen molar-refractivity contribution >= 4 is 5.78 Å². The fraction of sp³-hybridized carbons (Fsp3) is 0.278. The van der Waals surface area contributed by atoms with E-state index in [0.29, 0.717) is 17.0 Å². The van der Waals surface area contributed by atoms with Crippen LogP contribution in [0.2, 0.25) is 0 Å². The van der Waals surface area contributed by atoms with Gasteiger partial charge in [0.2, 0.25) is 0 Å². The molecular formula is C18H19FO. The molecule has 0 N–H and O–H groups in total. The molecular weight excluding hydrogens is 251 g/mol. The molecule has 0 aliphatic heterocycles. The van der Waals surface area contributed by atoms with Gasteiger partial charge in [-0.15, -0.1) is 0 Å². The first-order chi connectivity index (χ1) is 9.54. The number of hydrogen-bond acceptors (Lipinski definition) is 1. The lowest BCUT2D eigenvalue weighted by Gasteiger charge is -2.07. The van der Waals surface area contributed by atoms with Crippen LogP contribution in [0.25, 0.3) is 0 Å². The number of Topliss-reactive ketones (excluding diaryl/α,β-unsaturated/α-hetero) is 1. The molecule has 0 unspecified atom stereocenters. The smallest absolute Gasteiger partial charge is 0.167 e. The molecule has 2 rings (SSSR count). The molecule has 0 saturated heterocycles. The van der Waals surface area contributed by atoms with E-state index in [1.165, 1.54) is 17.7 Å². The second-order valence-electron chi connectivity index (χ2n) is 5.53. The van der Waals surface area contributed by atoms with Gasteiger partial charge in [0.05, 0.1) is 0 Å². The fourth-order valence-electron chi connectivity index (χ4n) is 2.28. The van der Waals surface area contributed by atoms with E-state index in [4.69, 9.17) is 0 Å². The van der Waals surface area contributed by atoms with E-state index in [2.05, 4.69) is 13.8 Å². The van der Waals surface area contributed by atoms with E-state index in [1.807, 2.05) is 24.3 Å². The van der Waals surface area contributed by atoms with Crippen LogP contribution in [0.3, 0.4) is 0 Å². The average molecular weight is 270 g/mol. The SMILES string of the molecule is CC(C)Cc1cccc(C(=O)Cc2cccc(F)c2)c1. The minimum absolute atomic E-state index is 0.0289. The van der Waals surface area contributed by atoms with Crippen molar-refractivity contribution in [1.29, 1.82) is 0 Å². The van der Waals surface area contributed by atoms with Crippen molar-refractivity contribution in [2.24, 2.45) is 5.92 Å². The standard InChI is InChI=1S/C18H19FO/c1-13(2)9-14-5-3-7-16(10-14)18(20)12-15-6-4-8-17(19)11-15/h3-8,10-11,13H,9,12H2,1-2H3. The van der Waals surface area contributed by atoms with Gasteiger partial charge in [-0.1, -0.05) is 44.2 Å². The molecule has 0 amide bonds. The highest BCUT2D eigenvalue weighted by atomic mass is 19.1. The molecule has 2 aromatic carbocycles. The van der Waals surface area contributed by atoms with Crippen molar-refractivity contribution in [1.82, 2.24) is 0 Å². The first kappa shape index (κ1) is 14.4. The van der Waals surface area contributed by atoms with E-state index < -0.39 is 0 Å². The third-order valence-electron chi connectivity index (χ3n) is 3.15. The van der Waals surface area contributed by atoms with Crippen LogP contribution in [-0.4, -0.2) is 5.78 Å². The molecule has 0 aliphatic carbocycles. The molecule has 20 heavy (non-hydrogen) atoms. The van der Waals surface area contributed by atoms with Gasteiger partial charge in [-0.3, -0.25) is 4.79 Å². The van der Waals surface area contributed by atoms with E-state index in [-0.39, 0.29) is 18.0 Å². The molecule has 1 nitrogen and oxygen atoms in total. The summed E-state index contributed by atoms with van der Waals surface area (Å²) >= 11 is 0. The van der Waals surface area contributed by atoms with Gasteiger partial charge in [0.1, 0.15) is 5.82 Å². The molecule has 0 radical (unpaired) electrons. The van der Waals surface area contributed by atoms with E-state index in [0.717, 1.165) is 6.42 Å². The van der Waals surface area contributed by atoms with Gasteiger partial charge in [-0.05, 0) is 41.7 Å². The summed E-state index contributed by atoms with van der Waals surface area (Å²) in [6.07, 6.45) is 1.20. The number of hydrogen-bond donors (Lipinski definition) is 0. The van der Waals surface area contributed by atoms with Crippen molar-refractivity contribution < 1.29 is 9.18 Å². The van der Waals surface area contributed by atoms with Gasteiger partial charge in [0.15, 0.2) is 5.78 Å². The van der Waals surface area contributed by atoms with Crippen molar-refractivity contribution in [2.45, 2.75) is 26.7 Å². The Morgan fingerprint density at radius 2 is 1.75 bits per heavy atom. The highest BCUT2D eigenvalue weighted by molar-refractivity contribution is 5.97. The lowest BCUT2D eigenvalue weighted by atomic mass is 9.97. The van der Waals surface area contributed by atoms with Crippen LogP contribution in [-0.2, 0) is 12.8 Å². The van der Waals surface area contributed by atoms with Crippen LogP contribution in [0, 0.1) is 11.7 Å². The molecule has 0 heterocycles. The zero-order chi connectivity index (χ0) is 14.5. The maximum atomic E-state index is 13.1. The number of carbonyl (C=O) groups excluding carboxylic acids is 1. The number of halogens is 1. The second kappa shape index (κ2) is 6.47. The van der Waals surface area contributed by atoms with Gasteiger partial charge in [0, 0.05) is 12.0 Å². The van der Waals surface area contributed by atoms with Crippen LogP contribution in [0.15, 0.2) is 48.5 Å². The van der Waals surface area contributed by atoms with Gasteiger partial charge in [-0.2, -0.15) is 0 Å². The minimum Gasteiger partial charge on any atom is -0.294 e. The third-order valence-corrected chi connectivity index (χ3v) is 3.15. The zero-order valence-electron chi connectivity index (χ0n) is 11.9. The Morgan fingerprint density at radius 3 is 2.45 bits per heavy atom. The Labute approximate surface area is 119 Å². The molecule has 0 bridgehead atoms. The summed E-state index contributed by atoms with van der Waals surface area (Å²) in [5.41, 5.74) is 2.58. The van der Waals surface area contributed by atoms with Crippen LogP contribution in [0.5, 0.6) is 0 Å². The first-order valence-corrected chi connectivity index (χ1v) is 6.91. The number of carbonyl (C=O) groups is 1. The van der Waals surface area contributed by atoms with Crippen LogP contribution in [0.4, 0.5) is 4.39 Å². The van der Waals surface area contributed by atoms with Crippen LogP contribution in [0.1, 0.15) is 35.3 Å². The summed E-state index contributed by atoms with van der Waals surface area (Å²) in [6.45, 7) is 4.31. The molecule has 2 aromatic rings. The predicted octanol–water partition coefficient (Wildman–Crippen LogP) is 4.45. The Bertz CT molecular complexity index is 602. The summed E-state index contributed by atoms with van der Waals surface area (Å²) in [5.74, 6) is 0.286. The Kier molecular flexibility index (Phi) is 4.67. The molecule has 0 aromatic heterocycles. The monoisotopic (exact) mass is 270 g/mol. The minimum atomic E-state index is -0.302. The summed E-state index contributed by atoms with van der Waals surface area (Å²) < 4.78 is 13.1. The molecule has 2 heteroatoms. The lowest BCUT2D eigenvalue weighted by molar-refractivity contribution is 0.0993. The number of ketones is 1. The summed E-state index contributed by atoms with van der Waals surface area (Å²) in [6, 6.07) is 13.9. The maximum absolute atomic E-state index is 13.1.